The molecule has 0 aliphatic carbocycles. The zero-order valence-corrected chi connectivity index (χ0v) is 10.9. The van der Waals surface area contributed by atoms with Crippen molar-refractivity contribution in [3.05, 3.63) is 0 Å². The van der Waals surface area contributed by atoms with Crippen LogP contribution in [0.5, 0.6) is 0 Å². The van der Waals surface area contributed by atoms with E-state index in [1.165, 1.54) is 0 Å². The van der Waals surface area contributed by atoms with Gasteiger partial charge in [0.05, 0.1) is 5.60 Å². The minimum Gasteiger partial charge on any atom is -0.387 e. The minimum absolute atomic E-state index is 0.0510. The molecule has 0 saturated carbocycles. The monoisotopic (exact) mass is 246 g/mol. The quantitative estimate of drug-likeness (QED) is 0.627. The molecule has 1 aliphatic rings. The number of thioether (sulfide) groups is 1. The first-order valence-electron chi connectivity index (χ1n) is 5.72. The summed E-state index contributed by atoms with van der Waals surface area (Å²) in [5.74, 6) is 1.15. The van der Waals surface area contributed by atoms with Crippen LogP contribution in [-0.2, 0) is 4.79 Å². The van der Waals surface area contributed by atoms with Crippen molar-refractivity contribution in [2.45, 2.75) is 25.4 Å². The zero-order chi connectivity index (χ0) is 12.0. The molecule has 94 valence electrons. The summed E-state index contributed by atoms with van der Waals surface area (Å²) in [4.78, 5) is 11.6. The molecule has 1 fully saturated rings. The van der Waals surface area contributed by atoms with E-state index in [1.54, 1.807) is 18.7 Å². The Hall–Kier alpha value is -0.260. The van der Waals surface area contributed by atoms with E-state index in [9.17, 15) is 9.90 Å². The fourth-order valence-corrected chi connectivity index (χ4v) is 2.60. The molecule has 0 spiro atoms. The normalized spacial score (nSPS) is 24.1. The van der Waals surface area contributed by atoms with Crippen LogP contribution in [0, 0.1) is 5.92 Å². The Morgan fingerprint density at radius 2 is 2.44 bits per heavy atom. The lowest BCUT2D eigenvalue weighted by Crippen LogP contribution is -2.42. The number of hydrogen-bond acceptors (Lipinski definition) is 4. The molecule has 1 amide bonds. The van der Waals surface area contributed by atoms with Crippen molar-refractivity contribution in [1.29, 1.82) is 0 Å². The smallest absolute Gasteiger partial charge is 0.220 e. The molecule has 0 aromatic heterocycles. The van der Waals surface area contributed by atoms with E-state index < -0.39 is 5.60 Å². The van der Waals surface area contributed by atoms with Crippen molar-refractivity contribution >= 4 is 17.7 Å². The molecule has 1 saturated heterocycles. The maximum atomic E-state index is 11.6. The van der Waals surface area contributed by atoms with Gasteiger partial charge in [-0.2, -0.15) is 11.8 Å². The van der Waals surface area contributed by atoms with Crippen LogP contribution in [-0.4, -0.2) is 48.3 Å². The highest BCUT2D eigenvalue weighted by Crippen LogP contribution is 2.12. The summed E-state index contributed by atoms with van der Waals surface area (Å²) in [6.45, 7) is 4.05. The topological polar surface area (TPSA) is 61.4 Å². The van der Waals surface area contributed by atoms with Crippen LogP contribution in [0.4, 0.5) is 0 Å². The molecule has 0 radical (unpaired) electrons. The number of aliphatic hydroxyl groups is 1. The summed E-state index contributed by atoms with van der Waals surface area (Å²) in [5, 5.41) is 15.9. The molecule has 0 aromatic carbocycles. The first-order chi connectivity index (χ1) is 7.53. The molecule has 5 heteroatoms. The molecule has 1 rings (SSSR count). The molecule has 2 unspecified atom stereocenters. The number of nitrogens with one attached hydrogen (secondary N) is 2. The predicted molar refractivity (Wildman–Crippen MR) is 67.6 cm³/mol. The number of carbonyl (C=O) groups is 1. The van der Waals surface area contributed by atoms with Crippen LogP contribution in [0.1, 0.15) is 19.8 Å². The van der Waals surface area contributed by atoms with Gasteiger partial charge in [-0.15, -0.1) is 0 Å². The van der Waals surface area contributed by atoms with Crippen molar-refractivity contribution in [2.75, 3.05) is 31.6 Å². The Balaban J connectivity index is 2.18. The highest BCUT2D eigenvalue weighted by Gasteiger charge is 2.22. The Labute approximate surface area is 102 Å². The third-order valence-electron chi connectivity index (χ3n) is 2.76. The highest BCUT2D eigenvalue weighted by molar-refractivity contribution is 7.98. The molecule has 2 atom stereocenters. The summed E-state index contributed by atoms with van der Waals surface area (Å²) in [5.41, 5.74) is -0.803. The lowest BCUT2D eigenvalue weighted by Gasteiger charge is -2.22. The Morgan fingerprint density at radius 1 is 1.69 bits per heavy atom. The van der Waals surface area contributed by atoms with E-state index in [4.69, 9.17) is 0 Å². The van der Waals surface area contributed by atoms with Crippen LogP contribution in [0.15, 0.2) is 0 Å². The van der Waals surface area contributed by atoms with Gasteiger partial charge in [0.1, 0.15) is 0 Å². The van der Waals surface area contributed by atoms with Gasteiger partial charge in [-0.3, -0.25) is 4.79 Å². The number of amides is 1. The second-order valence-corrected chi connectivity index (χ2v) is 5.64. The van der Waals surface area contributed by atoms with Gasteiger partial charge < -0.3 is 15.7 Å². The second-order valence-electron chi connectivity index (χ2n) is 4.77. The van der Waals surface area contributed by atoms with Gasteiger partial charge in [-0.1, -0.05) is 0 Å². The van der Waals surface area contributed by atoms with Gasteiger partial charge in [-0.05, 0) is 38.6 Å². The van der Waals surface area contributed by atoms with Crippen LogP contribution in [0.25, 0.3) is 0 Å². The predicted octanol–water partition coefficient (Wildman–Crippen LogP) is 0.216. The van der Waals surface area contributed by atoms with E-state index in [2.05, 4.69) is 10.6 Å². The molecular weight excluding hydrogens is 224 g/mol. The summed E-state index contributed by atoms with van der Waals surface area (Å²) < 4.78 is 0. The number of carbonyl (C=O) groups excluding carboxylic acids is 1. The average molecular weight is 246 g/mol. The largest absolute Gasteiger partial charge is 0.387 e. The van der Waals surface area contributed by atoms with Crippen LogP contribution >= 0.6 is 11.8 Å². The van der Waals surface area contributed by atoms with E-state index in [0.717, 1.165) is 19.5 Å². The van der Waals surface area contributed by atoms with Gasteiger partial charge in [0.2, 0.25) is 5.91 Å². The van der Waals surface area contributed by atoms with E-state index in [-0.39, 0.29) is 5.91 Å². The third-order valence-corrected chi connectivity index (χ3v) is 3.67. The van der Waals surface area contributed by atoms with Gasteiger partial charge in [0.25, 0.3) is 0 Å². The number of rotatable bonds is 6. The van der Waals surface area contributed by atoms with Gasteiger partial charge in [-0.25, -0.2) is 0 Å². The molecule has 1 heterocycles. The minimum atomic E-state index is -0.803. The molecule has 0 aromatic rings. The average Bonchev–Trinajstić information content (AvgIpc) is 2.68. The van der Waals surface area contributed by atoms with Crippen LogP contribution < -0.4 is 10.6 Å². The second kappa shape index (κ2) is 6.47. The SMILES string of the molecule is CSCC(C)(O)CNC(=O)CC1CCNC1. The molecule has 0 bridgehead atoms. The molecular formula is C11H22N2O2S. The van der Waals surface area contributed by atoms with E-state index in [0.29, 0.717) is 24.6 Å². The summed E-state index contributed by atoms with van der Waals surface area (Å²) in [7, 11) is 0. The first-order valence-corrected chi connectivity index (χ1v) is 7.11. The van der Waals surface area contributed by atoms with Crippen molar-refractivity contribution in [3.63, 3.8) is 0 Å². The molecule has 3 N–H and O–H groups in total. The lowest BCUT2D eigenvalue weighted by molar-refractivity contribution is -0.122. The van der Waals surface area contributed by atoms with Crippen molar-refractivity contribution in [3.8, 4) is 0 Å². The highest BCUT2D eigenvalue weighted by atomic mass is 32.2. The molecule has 1 aliphatic heterocycles. The van der Waals surface area contributed by atoms with Crippen LogP contribution in [0.2, 0.25) is 0 Å². The Morgan fingerprint density at radius 3 is 3.00 bits per heavy atom. The Bertz CT molecular complexity index is 228. The molecule has 16 heavy (non-hydrogen) atoms. The fourth-order valence-electron chi connectivity index (χ4n) is 1.87. The maximum absolute atomic E-state index is 11.6. The summed E-state index contributed by atoms with van der Waals surface area (Å²) >= 11 is 1.58. The summed E-state index contributed by atoms with van der Waals surface area (Å²) in [6, 6.07) is 0. The third kappa shape index (κ3) is 5.18. The maximum Gasteiger partial charge on any atom is 0.220 e. The van der Waals surface area contributed by atoms with Crippen molar-refractivity contribution in [2.24, 2.45) is 5.92 Å². The van der Waals surface area contributed by atoms with Crippen molar-refractivity contribution in [1.82, 2.24) is 10.6 Å². The number of hydrogen-bond donors (Lipinski definition) is 3. The van der Waals surface area contributed by atoms with Crippen molar-refractivity contribution < 1.29 is 9.90 Å². The van der Waals surface area contributed by atoms with E-state index in [1.807, 2.05) is 6.26 Å². The van der Waals surface area contributed by atoms with Gasteiger partial charge >= 0.3 is 0 Å². The van der Waals surface area contributed by atoms with Gasteiger partial charge in [0.15, 0.2) is 0 Å². The molecule has 4 nitrogen and oxygen atoms in total. The first kappa shape index (κ1) is 13.8. The standard InChI is InChI=1S/C11H22N2O2S/c1-11(15,8-16-2)7-13-10(14)5-9-3-4-12-6-9/h9,12,15H,3-8H2,1-2H3,(H,13,14). The van der Waals surface area contributed by atoms with Crippen LogP contribution in [0.3, 0.4) is 0 Å². The van der Waals surface area contributed by atoms with E-state index >= 15 is 0 Å². The Kier molecular flexibility index (Phi) is 5.58. The lowest BCUT2D eigenvalue weighted by atomic mass is 10.0. The summed E-state index contributed by atoms with van der Waals surface area (Å²) in [6.07, 6.45) is 3.59. The van der Waals surface area contributed by atoms with Gasteiger partial charge in [0, 0.05) is 18.7 Å². The zero-order valence-electron chi connectivity index (χ0n) is 10.1. The fraction of sp³-hybridized carbons (Fsp3) is 0.909.